The number of pyridine rings is 1. The molecule has 0 saturated carbocycles. The van der Waals surface area contributed by atoms with E-state index >= 15 is 0 Å². The quantitative estimate of drug-likeness (QED) is 0.597. The molecule has 0 fully saturated rings. The number of hydrogen-bond donors (Lipinski definition) is 3. The number of halogens is 2. The van der Waals surface area contributed by atoms with E-state index in [4.69, 9.17) is 0 Å². The number of carbonyl (C=O) groups excluding carboxylic acids is 1. The maximum Gasteiger partial charge on any atom is 0.255 e. The van der Waals surface area contributed by atoms with E-state index in [0.29, 0.717) is 35.5 Å². The molecule has 2 aromatic heterocycles. The predicted molar refractivity (Wildman–Crippen MR) is 102 cm³/mol. The Morgan fingerprint density at radius 3 is 2.96 bits per heavy atom. The molecule has 4 rings (SSSR count). The lowest BCUT2D eigenvalue weighted by Crippen LogP contribution is -2.31. The van der Waals surface area contributed by atoms with Crippen LogP contribution in [0, 0.1) is 12.7 Å². The molecule has 3 aromatic rings. The zero-order chi connectivity index (χ0) is 18.3. The summed E-state index contributed by atoms with van der Waals surface area (Å²) < 4.78 is 14.8. The Balaban J connectivity index is 1.92. The van der Waals surface area contributed by atoms with Gasteiger partial charge in [-0.05, 0) is 41.1 Å². The van der Waals surface area contributed by atoms with E-state index in [1.54, 1.807) is 31.5 Å². The number of anilines is 2. The Bertz CT molecular complexity index is 1010. The first-order valence-corrected chi connectivity index (χ1v) is 9.00. The fourth-order valence-corrected chi connectivity index (χ4v) is 3.61. The molecule has 132 valence electrons. The Labute approximate surface area is 158 Å². The minimum absolute atomic E-state index is 0.143. The molecule has 0 saturated heterocycles. The highest BCUT2D eigenvalue weighted by Crippen LogP contribution is 2.39. The van der Waals surface area contributed by atoms with Crippen molar-refractivity contribution in [2.45, 2.75) is 13.3 Å². The van der Waals surface area contributed by atoms with Crippen molar-refractivity contribution in [2.75, 3.05) is 11.9 Å². The second-order valence-corrected chi connectivity index (χ2v) is 6.98. The molecule has 0 radical (unpaired) electrons. The van der Waals surface area contributed by atoms with Crippen molar-refractivity contribution < 1.29 is 9.18 Å². The summed E-state index contributed by atoms with van der Waals surface area (Å²) in [5.41, 5.74) is 4.83. The Morgan fingerprint density at radius 1 is 1.31 bits per heavy atom. The van der Waals surface area contributed by atoms with E-state index in [2.05, 4.69) is 36.5 Å². The molecular weight excluding hydrogens is 399 g/mol. The second kappa shape index (κ2) is 6.57. The first-order chi connectivity index (χ1) is 12.6. The highest BCUT2D eigenvalue weighted by Gasteiger charge is 2.27. The van der Waals surface area contributed by atoms with Gasteiger partial charge in [0, 0.05) is 52.3 Å². The first-order valence-electron chi connectivity index (χ1n) is 8.21. The lowest BCUT2D eigenvalue weighted by molar-refractivity contribution is 0.0947. The van der Waals surface area contributed by atoms with Gasteiger partial charge in [-0.2, -0.15) is 0 Å². The number of benzene rings is 1. The second-order valence-electron chi connectivity index (χ2n) is 6.13. The van der Waals surface area contributed by atoms with Crippen molar-refractivity contribution >= 4 is 33.2 Å². The smallest absolute Gasteiger partial charge is 0.255 e. The van der Waals surface area contributed by atoms with Crippen molar-refractivity contribution in [2.24, 2.45) is 0 Å². The van der Waals surface area contributed by atoms with E-state index in [9.17, 15) is 9.18 Å². The van der Waals surface area contributed by atoms with Crippen LogP contribution < -0.4 is 10.6 Å². The molecule has 1 aromatic carbocycles. The van der Waals surface area contributed by atoms with Crippen molar-refractivity contribution in [3.63, 3.8) is 0 Å². The summed E-state index contributed by atoms with van der Waals surface area (Å²) in [7, 11) is 0. The largest absolute Gasteiger partial charge is 0.356 e. The van der Waals surface area contributed by atoms with Crippen LogP contribution in [0.15, 0.2) is 41.1 Å². The summed E-state index contributed by atoms with van der Waals surface area (Å²) in [5.74, 6) is -0.439. The molecule has 3 N–H and O–H groups in total. The lowest BCUT2D eigenvalue weighted by atomic mass is 10.0. The number of fused-ring (bicyclic) bond motifs is 1. The number of rotatable bonds is 3. The van der Waals surface area contributed by atoms with Crippen LogP contribution in [-0.2, 0) is 6.42 Å². The summed E-state index contributed by atoms with van der Waals surface area (Å²) in [6.45, 7) is 2.29. The standard InChI is InChI=1S/C19H16BrFN4O/c1-10-13(21)3-2-4-14(10)24-18-16-15(6-8-23-19(16)26)25-17(18)11-5-7-22-9-12(11)20/h2-5,7,9,24-25H,6,8H2,1H3,(H,23,26). The number of amides is 1. The van der Waals surface area contributed by atoms with Gasteiger partial charge < -0.3 is 15.6 Å². The van der Waals surface area contributed by atoms with Crippen LogP contribution in [0.2, 0.25) is 0 Å². The molecule has 5 nitrogen and oxygen atoms in total. The highest BCUT2D eigenvalue weighted by atomic mass is 79.9. The lowest BCUT2D eigenvalue weighted by Gasteiger charge is -2.16. The zero-order valence-corrected chi connectivity index (χ0v) is 15.6. The van der Waals surface area contributed by atoms with E-state index in [1.165, 1.54) is 6.07 Å². The van der Waals surface area contributed by atoms with Gasteiger partial charge in [-0.25, -0.2) is 4.39 Å². The predicted octanol–water partition coefficient (Wildman–Crippen LogP) is 4.32. The minimum atomic E-state index is -0.296. The van der Waals surface area contributed by atoms with Gasteiger partial charge in [0.25, 0.3) is 5.91 Å². The van der Waals surface area contributed by atoms with Crippen LogP contribution in [0.5, 0.6) is 0 Å². The van der Waals surface area contributed by atoms with Gasteiger partial charge in [0.15, 0.2) is 0 Å². The van der Waals surface area contributed by atoms with E-state index in [-0.39, 0.29) is 11.7 Å². The third-order valence-electron chi connectivity index (χ3n) is 4.53. The van der Waals surface area contributed by atoms with Gasteiger partial charge in [-0.3, -0.25) is 9.78 Å². The maximum atomic E-state index is 14.0. The molecule has 0 unspecified atom stereocenters. The van der Waals surface area contributed by atoms with Gasteiger partial charge in [0.2, 0.25) is 0 Å². The van der Waals surface area contributed by atoms with Crippen molar-refractivity contribution in [1.82, 2.24) is 15.3 Å². The molecule has 0 spiro atoms. The normalized spacial score (nSPS) is 13.3. The number of carbonyl (C=O) groups is 1. The highest BCUT2D eigenvalue weighted by molar-refractivity contribution is 9.10. The number of H-pyrrole nitrogens is 1. The van der Waals surface area contributed by atoms with Crippen LogP contribution in [-0.4, -0.2) is 22.4 Å². The van der Waals surface area contributed by atoms with E-state index in [0.717, 1.165) is 21.4 Å². The fraction of sp³-hybridized carbons (Fsp3) is 0.158. The summed E-state index contributed by atoms with van der Waals surface area (Å²) >= 11 is 3.52. The van der Waals surface area contributed by atoms with Crippen LogP contribution >= 0.6 is 15.9 Å². The number of hydrogen-bond acceptors (Lipinski definition) is 3. The van der Waals surface area contributed by atoms with E-state index in [1.807, 2.05) is 6.07 Å². The Hall–Kier alpha value is -2.67. The van der Waals surface area contributed by atoms with Crippen LogP contribution in [0.4, 0.5) is 15.8 Å². The first kappa shape index (κ1) is 16.8. The topological polar surface area (TPSA) is 69.8 Å². The molecule has 0 aliphatic carbocycles. The molecule has 26 heavy (non-hydrogen) atoms. The van der Waals surface area contributed by atoms with Crippen LogP contribution in [0.25, 0.3) is 11.3 Å². The number of nitrogens with zero attached hydrogens (tertiary/aromatic N) is 1. The number of nitrogens with one attached hydrogen (secondary N) is 3. The molecular formula is C19H16BrFN4O. The van der Waals surface area contributed by atoms with Crippen molar-refractivity contribution in [3.8, 4) is 11.3 Å². The molecule has 1 amide bonds. The third-order valence-corrected chi connectivity index (χ3v) is 5.17. The minimum Gasteiger partial charge on any atom is -0.356 e. The van der Waals surface area contributed by atoms with Crippen LogP contribution in [0.1, 0.15) is 21.6 Å². The van der Waals surface area contributed by atoms with Gasteiger partial charge in [-0.15, -0.1) is 0 Å². The maximum absolute atomic E-state index is 14.0. The van der Waals surface area contributed by atoms with E-state index < -0.39 is 0 Å². The SMILES string of the molecule is Cc1c(F)cccc1Nc1c(-c2ccncc2Br)[nH]c2c1C(=O)NCC2. The Morgan fingerprint density at radius 2 is 2.15 bits per heavy atom. The third kappa shape index (κ3) is 2.78. The molecule has 0 bridgehead atoms. The summed E-state index contributed by atoms with van der Waals surface area (Å²) in [4.78, 5) is 20.0. The summed E-state index contributed by atoms with van der Waals surface area (Å²) in [5, 5.41) is 6.15. The molecule has 7 heteroatoms. The molecule has 1 aliphatic rings. The van der Waals surface area contributed by atoms with Gasteiger partial charge in [-0.1, -0.05) is 6.07 Å². The van der Waals surface area contributed by atoms with Crippen LogP contribution in [0.3, 0.4) is 0 Å². The van der Waals surface area contributed by atoms with Crippen molar-refractivity contribution in [1.29, 1.82) is 0 Å². The molecule has 1 aliphatic heterocycles. The Kier molecular flexibility index (Phi) is 4.24. The fourth-order valence-electron chi connectivity index (χ4n) is 3.16. The van der Waals surface area contributed by atoms with Gasteiger partial charge in [0.1, 0.15) is 5.82 Å². The monoisotopic (exact) mass is 414 g/mol. The number of aromatic nitrogens is 2. The molecule has 0 atom stereocenters. The van der Waals surface area contributed by atoms with Gasteiger partial charge in [0.05, 0.1) is 16.9 Å². The summed E-state index contributed by atoms with van der Waals surface area (Å²) in [6.07, 6.45) is 4.10. The number of aromatic amines is 1. The summed E-state index contributed by atoms with van der Waals surface area (Å²) in [6, 6.07) is 6.72. The zero-order valence-electron chi connectivity index (χ0n) is 14.0. The average molecular weight is 415 g/mol. The average Bonchev–Trinajstić information content (AvgIpc) is 2.99. The van der Waals surface area contributed by atoms with Gasteiger partial charge >= 0.3 is 0 Å². The molecule has 3 heterocycles. The van der Waals surface area contributed by atoms with Crippen molar-refractivity contribution in [3.05, 3.63) is 63.8 Å².